The van der Waals surface area contributed by atoms with Gasteiger partial charge in [-0.15, -0.1) is 0 Å². The van der Waals surface area contributed by atoms with Gasteiger partial charge in [-0.25, -0.2) is 0 Å². The van der Waals surface area contributed by atoms with Gasteiger partial charge in [0.1, 0.15) is 0 Å². The van der Waals surface area contributed by atoms with Crippen molar-refractivity contribution in [3.63, 3.8) is 0 Å². The van der Waals surface area contributed by atoms with Crippen LogP contribution in [-0.4, -0.2) is 34.9 Å². The zero-order chi connectivity index (χ0) is 4.50. The standard InChI is InChI=1S/Al.Mn.H2O4S/c;;1-5(2,3)4/h;;(H2,1,2,3,4)/q+3;+2;/p-2. The van der Waals surface area contributed by atoms with E-state index in [1.165, 1.54) is 0 Å². The van der Waals surface area contributed by atoms with Crippen LogP contribution in [0.4, 0.5) is 0 Å². The molecule has 0 saturated carbocycles. The van der Waals surface area contributed by atoms with Gasteiger partial charge in [0, 0.05) is 10.4 Å². The van der Waals surface area contributed by atoms with Crippen LogP contribution in [0.1, 0.15) is 0 Å². The van der Waals surface area contributed by atoms with Crippen molar-refractivity contribution in [1.82, 2.24) is 0 Å². The van der Waals surface area contributed by atoms with Gasteiger partial charge in [0.05, 0.1) is 0 Å². The molecule has 0 saturated heterocycles. The molecule has 0 unspecified atom stereocenters. The third-order valence-corrected chi connectivity index (χ3v) is 0. The summed E-state index contributed by atoms with van der Waals surface area (Å²) in [5, 5.41) is 0. The van der Waals surface area contributed by atoms with Crippen LogP contribution < -0.4 is 0 Å². The Hall–Kier alpha value is 0.922. The summed E-state index contributed by atoms with van der Waals surface area (Å²) in [6.07, 6.45) is 0. The van der Waals surface area contributed by atoms with E-state index in [4.69, 9.17) is 17.5 Å². The van der Waals surface area contributed by atoms with Crippen LogP contribution in [0.15, 0.2) is 0 Å². The van der Waals surface area contributed by atoms with Crippen molar-refractivity contribution in [2.75, 3.05) is 0 Å². The van der Waals surface area contributed by atoms with E-state index in [1.54, 1.807) is 0 Å². The maximum absolute atomic E-state index is 8.52. The molecule has 0 heterocycles. The molecule has 0 rings (SSSR count). The second kappa shape index (κ2) is 5.07. The van der Waals surface area contributed by atoms with Crippen LogP contribution in [0.2, 0.25) is 0 Å². The van der Waals surface area contributed by atoms with E-state index in [-0.39, 0.29) is 34.4 Å². The van der Waals surface area contributed by atoms with Crippen LogP contribution in [0.5, 0.6) is 0 Å². The maximum atomic E-state index is 8.52. The molecule has 0 amide bonds. The topological polar surface area (TPSA) is 80.3 Å². The fourth-order valence-electron chi connectivity index (χ4n) is 0. The van der Waals surface area contributed by atoms with Crippen molar-refractivity contribution in [3.05, 3.63) is 0 Å². The molecule has 0 aliphatic rings. The Kier molecular flexibility index (Phi) is 11.3. The smallest absolute Gasteiger partial charge is 0.759 e. The summed E-state index contributed by atoms with van der Waals surface area (Å²) in [5.41, 5.74) is 0. The minimum absolute atomic E-state index is 0. The molecule has 0 aromatic rings. The van der Waals surface area contributed by atoms with Gasteiger partial charge >= 0.3 is 34.4 Å². The molecule has 37 valence electrons. The summed E-state index contributed by atoms with van der Waals surface area (Å²) >= 11 is 0. The van der Waals surface area contributed by atoms with Gasteiger partial charge < -0.3 is 9.11 Å². The van der Waals surface area contributed by atoms with Gasteiger partial charge in [-0.2, -0.15) is 0 Å². The fraction of sp³-hybridized carbons (Fsp3) is 0. The van der Waals surface area contributed by atoms with Gasteiger partial charge in [-0.05, 0) is 0 Å². The van der Waals surface area contributed by atoms with Crippen molar-refractivity contribution in [2.45, 2.75) is 0 Å². The Morgan fingerprint density at radius 3 is 1.14 bits per heavy atom. The van der Waals surface area contributed by atoms with E-state index in [1.807, 2.05) is 0 Å². The molecule has 0 spiro atoms. The van der Waals surface area contributed by atoms with Crippen molar-refractivity contribution in [1.29, 1.82) is 0 Å². The van der Waals surface area contributed by atoms with Crippen LogP contribution >= 0.6 is 0 Å². The van der Waals surface area contributed by atoms with Crippen LogP contribution in [-0.2, 0) is 27.5 Å². The molecule has 7 heteroatoms. The van der Waals surface area contributed by atoms with Gasteiger partial charge in [0.2, 0.25) is 0 Å². The average molecular weight is 178 g/mol. The Balaban J connectivity index is -0.0000000800. The van der Waals surface area contributed by atoms with Gasteiger partial charge in [0.15, 0.2) is 0 Å². The molecule has 0 atom stereocenters. The SMILES string of the molecule is O=S(=O)([O-])[O-].[Al+3].[Mn+2]. The average Bonchev–Trinajstić information content (AvgIpc) is 0.722. The van der Waals surface area contributed by atoms with Crippen LogP contribution in [0.3, 0.4) is 0 Å². The first kappa shape index (κ1) is 15.7. The molecule has 4 nitrogen and oxygen atoms in total. The zero-order valence-corrected chi connectivity index (χ0v) is 6.15. The quantitative estimate of drug-likeness (QED) is 0.251. The van der Waals surface area contributed by atoms with Gasteiger partial charge in [-0.3, -0.25) is 8.42 Å². The van der Waals surface area contributed by atoms with Crippen molar-refractivity contribution >= 4 is 27.8 Å². The Labute approximate surface area is 62.5 Å². The second-order valence-corrected chi connectivity index (χ2v) is 1.22. The zero-order valence-electron chi connectivity index (χ0n) is 3.00. The van der Waals surface area contributed by atoms with Crippen molar-refractivity contribution in [3.8, 4) is 0 Å². The Morgan fingerprint density at radius 2 is 1.14 bits per heavy atom. The summed E-state index contributed by atoms with van der Waals surface area (Å²) in [6.45, 7) is 0. The summed E-state index contributed by atoms with van der Waals surface area (Å²) in [7, 11) is -5.17. The summed E-state index contributed by atoms with van der Waals surface area (Å²) in [5.74, 6) is 0. The summed E-state index contributed by atoms with van der Waals surface area (Å²) in [6, 6.07) is 0. The van der Waals surface area contributed by atoms with E-state index in [9.17, 15) is 0 Å². The minimum atomic E-state index is -5.17. The third kappa shape index (κ3) is 197. The monoisotopic (exact) mass is 178 g/mol. The van der Waals surface area contributed by atoms with Gasteiger partial charge in [-0.1, -0.05) is 0 Å². The molecule has 0 aromatic heterocycles. The largest absolute Gasteiger partial charge is 3.00 e. The molecule has 1 radical (unpaired) electrons. The number of rotatable bonds is 0. The number of hydrogen-bond acceptors (Lipinski definition) is 4. The maximum Gasteiger partial charge on any atom is 3.00 e. The summed E-state index contributed by atoms with van der Waals surface area (Å²) < 4.78 is 34.1. The second-order valence-electron chi connectivity index (χ2n) is 0.408. The Bertz CT molecular complexity index is 94.9. The predicted molar refractivity (Wildman–Crippen MR) is 16.2 cm³/mol. The molecule has 0 fully saturated rings. The van der Waals surface area contributed by atoms with Crippen molar-refractivity contribution in [2.24, 2.45) is 0 Å². The van der Waals surface area contributed by atoms with Crippen molar-refractivity contribution < 1.29 is 34.6 Å². The van der Waals surface area contributed by atoms with E-state index in [0.29, 0.717) is 0 Å². The molecule has 7 heavy (non-hydrogen) atoms. The summed E-state index contributed by atoms with van der Waals surface area (Å²) in [4.78, 5) is 0. The Morgan fingerprint density at radius 1 is 1.14 bits per heavy atom. The molecule has 0 aromatic carbocycles. The first-order chi connectivity index (χ1) is 2.00. The molecule has 0 aliphatic heterocycles. The first-order valence-electron chi connectivity index (χ1n) is 0.667. The van der Waals surface area contributed by atoms with E-state index >= 15 is 0 Å². The third-order valence-electron chi connectivity index (χ3n) is 0. The fourth-order valence-corrected chi connectivity index (χ4v) is 0. The molecule has 0 bridgehead atoms. The van der Waals surface area contributed by atoms with E-state index in [2.05, 4.69) is 0 Å². The first-order valence-corrected chi connectivity index (χ1v) is 2.00. The molecule has 0 aliphatic carbocycles. The molecular formula is AlMnO4S+3. The van der Waals surface area contributed by atoms with Gasteiger partial charge in [0.25, 0.3) is 0 Å². The predicted octanol–water partition coefficient (Wildman–Crippen LogP) is -1.72. The van der Waals surface area contributed by atoms with E-state index < -0.39 is 10.4 Å². The normalized spacial score (nSPS) is 8.29. The van der Waals surface area contributed by atoms with E-state index in [0.717, 1.165) is 0 Å². The molecular weight excluding hydrogens is 178 g/mol. The number of hydrogen-bond donors (Lipinski definition) is 0. The molecule has 0 N–H and O–H groups in total. The van der Waals surface area contributed by atoms with Crippen LogP contribution in [0.25, 0.3) is 0 Å². The van der Waals surface area contributed by atoms with Crippen LogP contribution in [0, 0.1) is 0 Å². The minimum Gasteiger partial charge on any atom is -0.759 e.